The van der Waals surface area contributed by atoms with Gasteiger partial charge in [-0.3, -0.25) is 0 Å². The fraction of sp³-hybridized carbons (Fsp3) is 0.222. The Hall–Kier alpha value is -0.880. The third-order valence-electron chi connectivity index (χ3n) is 1.95. The Labute approximate surface area is 97.7 Å². The fourth-order valence-corrected chi connectivity index (χ4v) is 1.96. The molecule has 1 rings (SSSR count). The van der Waals surface area contributed by atoms with Crippen molar-refractivity contribution in [3.8, 4) is 0 Å². The molecule has 0 N–H and O–H groups in total. The first-order valence-corrected chi connectivity index (χ1v) is 6.10. The maximum atomic E-state index is 11.1. The van der Waals surface area contributed by atoms with Gasteiger partial charge in [0.05, 0.1) is 11.3 Å². The number of halogens is 1. The molecule has 0 aliphatic rings. The highest BCUT2D eigenvalue weighted by Crippen LogP contribution is 2.13. The number of aryl methyl sites for hydroxylation is 1. The summed E-state index contributed by atoms with van der Waals surface area (Å²) in [5, 5.41) is 0. The molecule has 0 saturated carbocycles. The summed E-state index contributed by atoms with van der Waals surface area (Å²) in [5.74, 6) is -0.609. The average molecular weight is 293 g/mol. The topological polar surface area (TPSA) is 60.4 Å². The molecule has 1 aromatic rings. The van der Waals surface area contributed by atoms with E-state index in [4.69, 9.17) is 0 Å². The van der Waals surface area contributed by atoms with Crippen LogP contribution in [0.3, 0.4) is 0 Å². The highest BCUT2D eigenvalue weighted by molar-refractivity contribution is 9.06. The van der Waals surface area contributed by atoms with Crippen molar-refractivity contribution in [3.05, 3.63) is 34.9 Å². The van der Waals surface area contributed by atoms with Gasteiger partial charge in [-0.2, -0.15) is 0 Å². The van der Waals surface area contributed by atoms with Gasteiger partial charge >= 0.3 is 5.97 Å². The standard InChI is InChI=1S/C9H9BrO4S/c1-6-2-3-7(9(11)14-10)4-8(6)5-15(12)13/h2-4,15H,5H2,1H3. The molecule has 0 bridgehead atoms. The zero-order valence-corrected chi connectivity index (χ0v) is 10.4. The summed E-state index contributed by atoms with van der Waals surface area (Å²) >= 11 is 2.58. The van der Waals surface area contributed by atoms with Crippen LogP contribution in [-0.4, -0.2) is 14.4 Å². The van der Waals surface area contributed by atoms with E-state index in [9.17, 15) is 13.2 Å². The average Bonchev–Trinajstić information content (AvgIpc) is 2.19. The van der Waals surface area contributed by atoms with E-state index in [0.29, 0.717) is 11.1 Å². The molecule has 0 saturated heterocycles. The van der Waals surface area contributed by atoms with E-state index in [1.54, 1.807) is 19.1 Å². The molecule has 6 heteroatoms. The highest BCUT2D eigenvalue weighted by atomic mass is 79.9. The van der Waals surface area contributed by atoms with Crippen molar-refractivity contribution >= 4 is 32.9 Å². The van der Waals surface area contributed by atoms with E-state index in [2.05, 4.69) is 20.1 Å². The van der Waals surface area contributed by atoms with Gasteiger partial charge in [0, 0.05) is 0 Å². The van der Waals surface area contributed by atoms with Crippen LogP contribution in [0.15, 0.2) is 18.2 Å². The van der Waals surface area contributed by atoms with E-state index >= 15 is 0 Å². The molecule has 0 atom stereocenters. The van der Waals surface area contributed by atoms with Gasteiger partial charge in [0.1, 0.15) is 10.7 Å². The lowest BCUT2D eigenvalue weighted by atomic mass is 10.1. The van der Waals surface area contributed by atoms with E-state index < -0.39 is 16.7 Å². The van der Waals surface area contributed by atoms with Crippen molar-refractivity contribution < 1.29 is 17.0 Å². The molecular weight excluding hydrogens is 284 g/mol. The minimum absolute atomic E-state index is 0.0649. The van der Waals surface area contributed by atoms with Crippen molar-refractivity contribution in [2.75, 3.05) is 0 Å². The maximum Gasteiger partial charge on any atom is 0.349 e. The van der Waals surface area contributed by atoms with E-state index in [1.807, 2.05) is 0 Å². The Kier molecular flexibility index (Phi) is 4.28. The molecule has 4 nitrogen and oxygen atoms in total. The van der Waals surface area contributed by atoms with Crippen LogP contribution in [0.25, 0.3) is 0 Å². The number of benzene rings is 1. The van der Waals surface area contributed by atoms with Gasteiger partial charge in [0.25, 0.3) is 0 Å². The number of rotatable bonds is 3. The minimum Gasteiger partial charge on any atom is -0.380 e. The molecule has 0 unspecified atom stereocenters. The summed E-state index contributed by atoms with van der Waals surface area (Å²) in [7, 11) is -2.49. The zero-order valence-electron chi connectivity index (χ0n) is 7.90. The van der Waals surface area contributed by atoms with E-state index in [-0.39, 0.29) is 5.75 Å². The zero-order chi connectivity index (χ0) is 11.4. The van der Waals surface area contributed by atoms with E-state index in [0.717, 1.165) is 5.56 Å². The summed E-state index contributed by atoms with van der Waals surface area (Å²) in [6.45, 7) is 1.79. The van der Waals surface area contributed by atoms with Gasteiger partial charge in [0.15, 0.2) is 16.3 Å². The number of hydrogen-bond acceptors (Lipinski definition) is 4. The predicted molar refractivity (Wildman–Crippen MR) is 59.5 cm³/mol. The monoisotopic (exact) mass is 292 g/mol. The van der Waals surface area contributed by atoms with Crippen LogP contribution in [0, 0.1) is 6.92 Å². The Bertz CT molecular complexity index is 445. The van der Waals surface area contributed by atoms with Crippen LogP contribution in [0.2, 0.25) is 0 Å². The van der Waals surface area contributed by atoms with Gasteiger partial charge in [-0.15, -0.1) is 0 Å². The van der Waals surface area contributed by atoms with Crippen molar-refractivity contribution in [2.24, 2.45) is 0 Å². The summed E-state index contributed by atoms with van der Waals surface area (Å²) < 4.78 is 25.5. The summed E-state index contributed by atoms with van der Waals surface area (Å²) in [6.07, 6.45) is 0. The highest BCUT2D eigenvalue weighted by Gasteiger charge is 2.09. The molecule has 0 spiro atoms. The molecule has 0 fully saturated rings. The van der Waals surface area contributed by atoms with Crippen LogP contribution in [-0.2, 0) is 20.3 Å². The lowest BCUT2D eigenvalue weighted by Crippen LogP contribution is -2.00. The van der Waals surface area contributed by atoms with Crippen molar-refractivity contribution in [3.63, 3.8) is 0 Å². The summed E-state index contributed by atoms with van der Waals surface area (Å²) in [4.78, 5) is 11.1. The number of carbonyl (C=O) groups excluding carboxylic acids is 1. The Morgan fingerprint density at radius 2 is 2.13 bits per heavy atom. The molecule has 15 heavy (non-hydrogen) atoms. The van der Waals surface area contributed by atoms with Crippen LogP contribution < -0.4 is 0 Å². The Morgan fingerprint density at radius 3 is 2.67 bits per heavy atom. The van der Waals surface area contributed by atoms with Gasteiger partial charge in [-0.1, -0.05) is 6.07 Å². The van der Waals surface area contributed by atoms with Gasteiger partial charge in [0.2, 0.25) is 0 Å². The Morgan fingerprint density at radius 1 is 1.47 bits per heavy atom. The third kappa shape index (κ3) is 3.32. The Balaban J connectivity index is 3.10. The first-order valence-electron chi connectivity index (χ1n) is 4.09. The van der Waals surface area contributed by atoms with E-state index in [1.165, 1.54) is 6.07 Å². The SMILES string of the molecule is Cc1ccc(C(=O)OBr)cc1C[SH](=O)=O. The fourth-order valence-electron chi connectivity index (χ4n) is 1.15. The molecule has 0 radical (unpaired) electrons. The molecule has 0 aliphatic heterocycles. The lowest BCUT2D eigenvalue weighted by molar-refractivity contribution is 0.0782. The molecule has 82 valence electrons. The molecule has 0 heterocycles. The molecule has 0 aliphatic carbocycles. The summed E-state index contributed by atoms with van der Waals surface area (Å²) in [6, 6.07) is 4.79. The smallest absolute Gasteiger partial charge is 0.349 e. The maximum absolute atomic E-state index is 11.1. The van der Waals surface area contributed by atoms with Crippen molar-refractivity contribution in [2.45, 2.75) is 12.7 Å². The van der Waals surface area contributed by atoms with Crippen LogP contribution in [0.1, 0.15) is 21.5 Å². The number of carbonyl (C=O) groups is 1. The minimum atomic E-state index is -2.49. The number of thiol groups is 1. The normalized spacial score (nSPS) is 10.3. The second-order valence-electron chi connectivity index (χ2n) is 3.00. The predicted octanol–water partition coefficient (Wildman–Crippen LogP) is 1.57. The van der Waals surface area contributed by atoms with Crippen LogP contribution in [0.5, 0.6) is 0 Å². The summed E-state index contributed by atoms with van der Waals surface area (Å²) in [5.41, 5.74) is 1.77. The molecule has 0 amide bonds. The lowest BCUT2D eigenvalue weighted by Gasteiger charge is -2.03. The van der Waals surface area contributed by atoms with Gasteiger partial charge in [-0.25, -0.2) is 13.2 Å². The van der Waals surface area contributed by atoms with Crippen molar-refractivity contribution in [1.29, 1.82) is 0 Å². The first-order chi connectivity index (χ1) is 7.04. The molecule has 1 aromatic carbocycles. The number of hydrogen-bond donors (Lipinski definition) is 1. The van der Waals surface area contributed by atoms with Crippen molar-refractivity contribution in [1.82, 2.24) is 0 Å². The first kappa shape index (κ1) is 12.2. The molecule has 0 aromatic heterocycles. The van der Waals surface area contributed by atoms with Gasteiger partial charge in [-0.05, 0) is 30.2 Å². The van der Waals surface area contributed by atoms with Gasteiger partial charge < -0.3 is 3.83 Å². The van der Waals surface area contributed by atoms with Crippen LogP contribution in [0.4, 0.5) is 0 Å². The third-order valence-corrected chi connectivity index (χ3v) is 2.85. The second kappa shape index (κ2) is 5.27. The quantitative estimate of drug-likeness (QED) is 0.859. The second-order valence-corrected chi connectivity index (χ2v) is 4.30. The largest absolute Gasteiger partial charge is 0.380 e. The van der Waals surface area contributed by atoms with Crippen LogP contribution >= 0.6 is 16.3 Å². The molecular formula is C9H9BrO4S.